The number of nitrogen functional groups attached to an aromatic ring is 1. The Kier molecular flexibility index (Phi) is 4.96. The van der Waals surface area contributed by atoms with Gasteiger partial charge in [0.1, 0.15) is 0 Å². The molecule has 0 spiro atoms. The van der Waals surface area contributed by atoms with E-state index in [0.717, 1.165) is 4.47 Å². The van der Waals surface area contributed by atoms with Crippen LogP contribution >= 0.6 is 15.9 Å². The highest BCUT2D eigenvalue weighted by Gasteiger charge is 2.16. The van der Waals surface area contributed by atoms with Crippen molar-refractivity contribution in [1.29, 1.82) is 0 Å². The zero-order valence-corrected chi connectivity index (χ0v) is 11.5. The lowest BCUT2D eigenvalue weighted by atomic mass is 10.0. The Morgan fingerprint density at radius 2 is 2.18 bits per heavy atom. The predicted molar refractivity (Wildman–Crippen MR) is 71.7 cm³/mol. The van der Waals surface area contributed by atoms with E-state index in [4.69, 9.17) is 10.8 Å². The molecule has 1 amide bonds. The second-order valence-electron chi connectivity index (χ2n) is 4.24. The molecule has 1 aromatic carbocycles. The summed E-state index contributed by atoms with van der Waals surface area (Å²) in [5.41, 5.74) is 6.71. The first-order valence-corrected chi connectivity index (χ1v) is 6.21. The van der Waals surface area contributed by atoms with Gasteiger partial charge in [-0.3, -0.25) is 4.79 Å². The SMILES string of the molecule is CC(C)C(CO)NC(=O)c1ccc(Br)c(N)c1. The van der Waals surface area contributed by atoms with Crippen LogP contribution in [0.1, 0.15) is 24.2 Å². The Labute approximate surface area is 109 Å². The molecule has 94 valence electrons. The van der Waals surface area contributed by atoms with Crippen molar-refractivity contribution in [3.8, 4) is 0 Å². The molecule has 0 aromatic heterocycles. The summed E-state index contributed by atoms with van der Waals surface area (Å²) in [6.07, 6.45) is 0. The van der Waals surface area contributed by atoms with Gasteiger partial charge >= 0.3 is 0 Å². The Balaban J connectivity index is 2.79. The number of hydrogen-bond donors (Lipinski definition) is 3. The number of rotatable bonds is 4. The number of anilines is 1. The molecule has 0 radical (unpaired) electrons. The fourth-order valence-corrected chi connectivity index (χ4v) is 1.61. The third kappa shape index (κ3) is 3.71. The summed E-state index contributed by atoms with van der Waals surface area (Å²) in [6, 6.07) is 4.78. The smallest absolute Gasteiger partial charge is 0.251 e. The standard InChI is InChI=1S/C12H17BrN2O2/c1-7(2)11(6-16)15-12(17)8-3-4-9(13)10(14)5-8/h3-5,7,11,16H,6,14H2,1-2H3,(H,15,17). The van der Waals surface area contributed by atoms with Crippen molar-refractivity contribution in [2.24, 2.45) is 5.92 Å². The number of amides is 1. The van der Waals surface area contributed by atoms with Gasteiger partial charge in [-0.2, -0.15) is 0 Å². The minimum atomic E-state index is -0.243. The van der Waals surface area contributed by atoms with Crippen molar-refractivity contribution in [2.45, 2.75) is 19.9 Å². The topological polar surface area (TPSA) is 75.3 Å². The van der Waals surface area contributed by atoms with Gasteiger partial charge in [0, 0.05) is 15.7 Å². The molecule has 0 heterocycles. The fraction of sp³-hybridized carbons (Fsp3) is 0.417. The lowest BCUT2D eigenvalue weighted by molar-refractivity contribution is 0.0897. The quantitative estimate of drug-likeness (QED) is 0.742. The van der Waals surface area contributed by atoms with E-state index in [1.54, 1.807) is 18.2 Å². The van der Waals surface area contributed by atoms with Crippen LogP contribution < -0.4 is 11.1 Å². The average molecular weight is 301 g/mol. The van der Waals surface area contributed by atoms with Crippen LogP contribution in [0.15, 0.2) is 22.7 Å². The molecule has 4 nitrogen and oxygen atoms in total. The highest BCUT2D eigenvalue weighted by Crippen LogP contribution is 2.20. The molecule has 0 fully saturated rings. The third-order valence-corrected chi connectivity index (χ3v) is 3.30. The summed E-state index contributed by atoms with van der Waals surface area (Å²) in [5.74, 6) is -0.0475. The van der Waals surface area contributed by atoms with Crippen LogP contribution in [0, 0.1) is 5.92 Å². The monoisotopic (exact) mass is 300 g/mol. The van der Waals surface area contributed by atoms with Crippen LogP contribution in [0.25, 0.3) is 0 Å². The number of halogens is 1. The van der Waals surface area contributed by atoms with E-state index in [1.165, 1.54) is 0 Å². The van der Waals surface area contributed by atoms with Crippen LogP contribution in [0.2, 0.25) is 0 Å². The molecule has 1 aromatic rings. The fourth-order valence-electron chi connectivity index (χ4n) is 1.36. The van der Waals surface area contributed by atoms with E-state index in [1.807, 2.05) is 13.8 Å². The second kappa shape index (κ2) is 6.02. The number of nitrogens with one attached hydrogen (secondary N) is 1. The van der Waals surface area contributed by atoms with Gasteiger partial charge in [-0.25, -0.2) is 0 Å². The van der Waals surface area contributed by atoms with Gasteiger partial charge in [0.05, 0.1) is 12.6 Å². The van der Waals surface area contributed by atoms with E-state index in [9.17, 15) is 4.79 Å². The number of hydrogen-bond acceptors (Lipinski definition) is 3. The minimum absolute atomic E-state index is 0.0740. The van der Waals surface area contributed by atoms with Gasteiger partial charge in [-0.1, -0.05) is 13.8 Å². The van der Waals surface area contributed by atoms with Gasteiger partial charge < -0.3 is 16.2 Å². The molecule has 0 saturated carbocycles. The Hall–Kier alpha value is -1.07. The van der Waals surface area contributed by atoms with E-state index in [-0.39, 0.29) is 24.5 Å². The molecule has 0 saturated heterocycles. The number of nitrogens with two attached hydrogens (primary N) is 1. The van der Waals surface area contributed by atoms with Crippen molar-refractivity contribution in [3.05, 3.63) is 28.2 Å². The molecule has 4 N–H and O–H groups in total. The van der Waals surface area contributed by atoms with Crippen molar-refractivity contribution >= 4 is 27.5 Å². The molecule has 0 aliphatic rings. The van der Waals surface area contributed by atoms with Crippen molar-refractivity contribution < 1.29 is 9.90 Å². The second-order valence-corrected chi connectivity index (χ2v) is 5.10. The zero-order chi connectivity index (χ0) is 13.0. The maximum Gasteiger partial charge on any atom is 0.251 e. The first-order chi connectivity index (χ1) is 7.95. The van der Waals surface area contributed by atoms with Gasteiger partial charge in [0.2, 0.25) is 0 Å². The molecule has 1 rings (SSSR count). The van der Waals surface area contributed by atoms with E-state index >= 15 is 0 Å². The normalized spacial score (nSPS) is 12.5. The van der Waals surface area contributed by atoms with Crippen molar-refractivity contribution in [2.75, 3.05) is 12.3 Å². The lowest BCUT2D eigenvalue weighted by Gasteiger charge is -2.20. The third-order valence-electron chi connectivity index (χ3n) is 2.58. The number of carbonyl (C=O) groups excluding carboxylic acids is 1. The highest BCUT2D eigenvalue weighted by atomic mass is 79.9. The van der Waals surface area contributed by atoms with Crippen molar-refractivity contribution in [3.63, 3.8) is 0 Å². The molecular formula is C12H17BrN2O2. The first kappa shape index (κ1) is 14.0. The summed E-state index contributed by atoms with van der Waals surface area (Å²) < 4.78 is 0.761. The van der Waals surface area contributed by atoms with Gasteiger partial charge in [-0.15, -0.1) is 0 Å². The van der Waals surface area contributed by atoms with Crippen LogP contribution in [0.3, 0.4) is 0 Å². The lowest BCUT2D eigenvalue weighted by Crippen LogP contribution is -2.41. The Bertz CT molecular complexity index is 407. The molecule has 0 aliphatic carbocycles. The van der Waals surface area contributed by atoms with Crippen LogP contribution in [-0.2, 0) is 0 Å². The molecule has 1 unspecified atom stereocenters. The van der Waals surface area contributed by atoms with Crippen molar-refractivity contribution in [1.82, 2.24) is 5.32 Å². The first-order valence-electron chi connectivity index (χ1n) is 5.42. The molecule has 1 atom stereocenters. The van der Waals surface area contributed by atoms with E-state index < -0.39 is 0 Å². The number of aliphatic hydroxyl groups is 1. The Morgan fingerprint density at radius 3 is 2.65 bits per heavy atom. The molecule has 0 bridgehead atoms. The molecule has 17 heavy (non-hydrogen) atoms. The van der Waals surface area contributed by atoms with Gasteiger partial charge in [0.25, 0.3) is 5.91 Å². The van der Waals surface area contributed by atoms with Crippen LogP contribution in [0.5, 0.6) is 0 Å². The average Bonchev–Trinajstić information content (AvgIpc) is 2.28. The molecule has 5 heteroatoms. The summed E-state index contributed by atoms with van der Waals surface area (Å²) in [6.45, 7) is 3.81. The largest absolute Gasteiger partial charge is 0.398 e. The van der Waals surface area contributed by atoms with Gasteiger partial charge in [0.15, 0.2) is 0 Å². The van der Waals surface area contributed by atoms with Crippen LogP contribution in [0.4, 0.5) is 5.69 Å². The number of benzene rings is 1. The number of carbonyl (C=O) groups is 1. The van der Waals surface area contributed by atoms with Gasteiger partial charge in [-0.05, 0) is 40.0 Å². The summed E-state index contributed by atoms with van der Waals surface area (Å²) >= 11 is 3.27. The number of aliphatic hydroxyl groups excluding tert-OH is 1. The zero-order valence-electron chi connectivity index (χ0n) is 9.90. The molecular weight excluding hydrogens is 284 g/mol. The van der Waals surface area contributed by atoms with E-state index in [2.05, 4.69) is 21.2 Å². The van der Waals surface area contributed by atoms with Crippen LogP contribution in [-0.4, -0.2) is 23.7 Å². The Morgan fingerprint density at radius 1 is 1.53 bits per heavy atom. The van der Waals surface area contributed by atoms with E-state index in [0.29, 0.717) is 11.3 Å². The molecule has 0 aliphatic heterocycles. The highest BCUT2D eigenvalue weighted by molar-refractivity contribution is 9.10. The summed E-state index contributed by atoms with van der Waals surface area (Å²) in [7, 11) is 0. The summed E-state index contributed by atoms with van der Waals surface area (Å²) in [5, 5.41) is 11.9. The summed E-state index contributed by atoms with van der Waals surface area (Å²) in [4.78, 5) is 11.9. The maximum absolute atomic E-state index is 11.9. The minimum Gasteiger partial charge on any atom is -0.398 e. The maximum atomic E-state index is 11.9. The predicted octanol–water partition coefficient (Wildman–Crippen LogP) is 1.78.